The summed E-state index contributed by atoms with van der Waals surface area (Å²) in [5.74, 6) is -0.623. The summed E-state index contributed by atoms with van der Waals surface area (Å²) < 4.78 is 18.7. The molecule has 1 heterocycles. The zero-order valence-electron chi connectivity index (χ0n) is 16.3. The minimum Gasteiger partial charge on any atom is -0.379 e. The number of carbonyl (C=O) groups excluding carboxylic acids is 2. The summed E-state index contributed by atoms with van der Waals surface area (Å²) >= 11 is 0. The normalized spacial score (nSPS) is 15.5. The Morgan fingerprint density at radius 3 is 2.38 bits per heavy atom. The van der Waals surface area contributed by atoms with E-state index in [9.17, 15) is 14.0 Å². The van der Waals surface area contributed by atoms with Crippen molar-refractivity contribution in [2.24, 2.45) is 0 Å². The van der Waals surface area contributed by atoms with Gasteiger partial charge in [0.2, 0.25) is 5.91 Å². The standard InChI is InChI=1S/C22H26FN3O3/c23-19-8-6-17(7-9-19)20(26-12-14-29-15-13-26)16-25-21(27)10-11-24-22(28)18-4-2-1-3-5-18/h1-9,20H,10-16H2,(H,24,28)(H,25,27)/t20-/m0/s1. The molecule has 1 aliphatic rings. The molecule has 0 saturated carbocycles. The van der Waals surface area contributed by atoms with Crippen molar-refractivity contribution >= 4 is 11.8 Å². The third kappa shape index (κ3) is 6.37. The minimum atomic E-state index is -0.285. The van der Waals surface area contributed by atoms with E-state index in [1.807, 2.05) is 6.07 Å². The second kappa shape index (κ2) is 10.7. The van der Waals surface area contributed by atoms with E-state index in [4.69, 9.17) is 4.74 Å². The monoisotopic (exact) mass is 399 g/mol. The fraction of sp³-hybridized carbons (Fsp3) is 0.364. The Bertz CT molecular complexity index is 793. The molecule has 0 radical (unpaired) electrons. The number of ether oxygens (including phenoxy) is 1. The Morgan fingerprint density at radius 1 is 1.00 bits per heavy atom. The first-order valence-electron chi connectivity index (χ1n) is 9.80. The number of amides is 2. The molecule has 1 saturated heterocycles. The highest BCUT2D eigenvalue weighted by Gasteiger charge is 2.23. The average Bonchev–Trinajstić information content (AvgIpc) is 2.76. The Balaban J connectivity index is 1.49. The van der Waals surface area contributed by atoms with Crippen LogP contribution in [0.3, 0.4) is 0 Å². The molecule has 2 aromatic carbocycles. The lowest BCUT2D eigenvalue weighted by Gasteiger charge is -2.35. The summed E-state index contributed by atoms with van der Waals surface area (Å²) in [4.78, 5) is 26.5. The highest BCUT2D eigenvalue weighted by atomic mass is 19.1. The number of benzene rings is 2. The van der Waals surface area contributed by atoms with Crippen LogP contribution in [0.1, 0.15) is 28.4 Å². The number of morpholine rings is 1. The number of nitrogens with zero attached hydrogens (tertiary/aromatic N) is 1. The molecular formula is C22H26FN3O3. The molecular weight excluding hydrogens is 373 g/mol. The van der Waals surface area contributed by atoms with Crippen LogP contribution in [-0.2, 0) is 9.53 Å². The second-order valence-electron chi connectivity index (χ2n) is 6.89. The molecule has 2 N–H and O–H groups in total. The predicted octanol–water partition coefficient (Wildman–Crippen LogP) is 2.14. The van der Waals surface area contributed by atoms with Crippen molar-refractivity contribution in [1.29, 1.82) is 0 Å². The van der Waals surface area contributed by atoms with Crippen molar-refractivity contribution in [1.82, 2.24) is 15.5 Å². The van der Waals surface area contributed by atoms with Gasteiger partial charge in [-0.2, -0.15) is 0 Å². The highest BCUT2D eigenvalue weighted by Crippen LogP contribution is 2.21. The van der Waals surface area contributed by atoms with Crippen LogP contribution < -0.4 is 10.6 Å². The van der Waals surface area contributed by atoms with Crippen LogP contribution in [0, 0.1) is 5.82 Å². The Morgan fingerprint density at radius 2 is 1.69 bits per heavy atom. The number of nitrogens with one attached hydrogen (secondary N) is 2. The van der Waals surface area contributed by atoms with Crippen molar-refractivity contribution in [3.63, 3.8) is 0 Å². The molecule has 0 aliphatic carbocycles. The number of rotatable bonds is 8. The minimum absolute atomic E-state index is 0.0534. The van der Waals surface area contributed by atoms with Crippen LogP contribution in [0.15, 0.2) is 54.6 Å². The Kier molecular flexibility index (Phi) is 7.72. The molecule has 1 aliphatic heterocycles. The third-order valence-corrected chi connectivity index (χ3v) is 4.91. The van der Waals surface area contributed by atoms with E-state index in [2.05, 4.69) is 15.5 Å². The number of hydrogen-bond donors (Lipinski definition) is 2. The molecule has 1 atom stereocenters. The van der Waals surface area contributed by atoms with Crippen molar-refractivity contribution in [2.45, 2.75) is 12.5 Å². The van der Waals surface area contributed by atoms with Gasteiger partial charge in [-0.05, 0) is 29.8 Å². The topological polar surface area (TPSA) is 70.7 Å². The number of carbonyl (C=O) groups is 2. The second-order valence-corrected chi connectivity index (χ2v) is 6.89. The quantitative estimate of drug-likeness (QED) is 0.714. The summed E-state index contributed by atoms with van der Waals surface area (Å²) in [6, 6.07) is 15.2. The fourth-order valence-corrected chi connectivity index (χ4v) is 3.31. The predicted molar refractivity (Wildman–Crippen MR) is 108 cm³/mol. The molecule has 2 aromatic rings. The number of hydrogen-bond acceptors (Lipinski definition) is 4. The molecule has 1 fully saturated rings. The van der Waals surface area contributed by atoms with Crippen LogP contribution in [0.2, 0.25) is 0 Å². The zero-order valence-corrected chi connectivity index (χ0v) is 16.3. The van der Waals surface area contributed by atoms with Gasteiger partial charge in [-0.3, -0.25) is 14.5 Å². The lowest BCUT2D eigenvalue weighted by Crippen LogP contribution is -2.44. The zero-order chi connectivity index (χ0) is 20.5. The lowest BCUT2D eigenvalue weighted by molar-refractivity contribution is -0.121. The van der Waals surface area contributed by atoms with Crippen molar-refractivity contribution in [2.75, 3.05) is 39.4 Å². The molecule has 29 heavy (non-hydrogen) atoms. The fourth-order valence-electron chi connectivity index (χ4n) is 3.31. The molecule has 0 spiro atoms. The van der Waals surface area contributed by atoms with Crippen LogP contribution in [0.5, 0.6) is 0 Å². The van der Waals surface area contributed by atoms with Gasteiger partial charge < -0.3 is 15.4 Å². The summed E-state index contributed by atoms with van der Waals surface area (Å²) in [6.07, 6.45) is 0.192. The summed E-state index contributed by atoms with van der Waals surface area (Å²) in [6.45, 7) is 3.46. The van der Waals surface area contributed by atoms with Crippen LogP contribution in [0.4, 0.5) is 4.39 Å². The summed E-state index contributed by atoms with van der Waals surface area (Å²) in [7, 11) is 0. The molecule has 7 heteroatoms. The van der Waals surface area contributed by atoms with E-state index in [-0.39, 0.29) is 36.6 Å². The van der Waals surface area contributed by atoms with E-state index >= 15 is 0 Å². The number of halogens is 1. The van der Waals surface area contributed by atoms with Gasteiger partial charge in [-0.1, -0.05) is 30.3 Å². The molecule has 3 rings (SSSR count). The first-order chi connectivity index (χ1) is 14.1. The SMILES string of the molecule is O=C(CCNC(=O)c1ccccc1)NC[C@@H](c1ccc(F)cc1)N1CCOCC1. The average molecular weight is 399 g/mol. The Labute approximate surface area is 170 Å². The van der Waals surface area contributed by atoms with Crippen molar-refractivity contribution in [3.8, 4) is 0 Å². The van der Waals surface area contributed by atoms with Gasteiger partial charge in [0.05, 0.1) is 19.3 Å². The highest BCUT2D eigenvalue weighted by molar-refractivity contribution is 5.94. The van der Waals surface area contributed by atoms with Gasteiger partial charge in [-0.25, -0.2) is 4.39 Å². The largest absolute Gasteiger partial charge is 0.379 e. The van der Waals surface area contributed by atoms with E-state index in [0.717, 1.165) is 18.7 Å². The smallest absolute Gasteiger partial charge is 0.251 e. The van der Waals surface area contributed by atoms with Crippen molar-refractivity contribution in [3.05, 3.63) is 71.5 Å². The van der Waals surface area contributed by atoms with Gasteiger partial charge in [0, 0.05) is 38.2 Å². The maximum absolute atomic E-state index is 13.3. The van der Waals surface area contributed by atoms with E-state index in [1.165, 1.54) is 12.1 Å². The van der Waals surface area contributed by atoms with Gasteiger partial charge >= 0.3 is 0 Å². The molecule has 2 amide bonds. The maximum Gasteiger partial charge on any atom is 0.251 e. The molecule has 154 valence electrons. The Hall–Kier alpha value is -2.77. The van der Waals surface area contributed by atoms with Crippen LogP contribution in [0.25, 0.3) is 0 Å². The van der Waals surface area contributed by atoms with E-state index in [0.29, 0.717) is 25.3 Å². The molecule has 0 unspecified atom stereocenters. The van der Waals surface area contributed by atoms with Crippen molar-refractivity contribution < 1.29 is 18.7 Å². The summed E-state index contributed by atoms with van der Waals surface area (Å²) in [5, 5.41) is 5.69. The summed E-state index contributed by atoms with van der Waals surface area (Å²) in [5.41, 5.74) is 1.52. The van der Waals surface area contributed by atoms with E-state index < -0.39 is 0 Å². The van der Waals surface area contributed by atoms with Gasteiger partial charge in [0.1, 0.15) is 5.82 Å². The van der Waals surface area contributed by atoms with Gasteiger partial charge in [0.25, 0.3) is 5.91 Å². The molecule has 6 nitrogen and oxygen atoms in total. The molecule has 0 bridgehead atoms. The first-order valence-corrected chi connectivity index (χ1v) is 9.80. The first kappa shape index (κ1) is 21.0. The van der Waals surface area contributed by atoms with E-state index in [1.54, 1.807) is 36.4 Å². The lowest BCUT2D eigenvalue weighted by atomic mass is 10.0. The molecule has 0 aromatic heterocycles. The third-order valence-electron chi connectivity index (χ3n) is 4.91. The van der Waals surface area contributed by atoms with Gasteiger partial charge in [0.15, 0.2) is 0 Å². The maximum atomic E-state index is 13.3. The van der Waals surface area contributed by atoms with Crippen LogP contribution in [-0.4, -0.2) is 56.1 Å². The van der Waals surface area contributed by atoms with Crippen LogP contribution >= 0.6 is 0 Å². The van der Waals surface area contributed by atoms with Gasteiger partial charge in [-0.15, -0.1) is 0 Å².